The van der Waals surface area contributed by atoms with Gasteiger partial charge in [-0.05, 0) is 12.3 Å². The molecule has 6 nitrogen and oxygen atoms in total. The number of rotatable bonds is 4. The van der Waals surface area contributed by atoms with Crippen molar-refractivity contribution in [1.29, 1.82) is 0 Å². The van der Waals surface area contributed by atoms with E-state index in [9.17, 15) is 13.2 Å². The summed E-state index contributed by atoms with van der Waals surface area (Å²) in [6, 6.07) is 0. The fourth-order valence-corrected chi connectivity index (χ4v) is 3.82. The van der Waals surface area contributed by atoms with Crippen LogP contribution in [0.1, 0.15) is 6.42 Å². The summed E-state index contributed by atoms with van der Waals surface area (Å²) in [6.45, 7) is 1.35. The molecule has 16 heavy (non-hydrogen) atoms. The molecule has 1 unspecified atom stereocenters. The molecule has 2 saturated heterocycles. The van der Waals surface area contributed by atoms with Gasteiger partial charge in [0, 0.05) is 19.7 Å². The molecule has 0 aromatic heterocycles. The minimum atomic E-state index is -3.28. The average molecular weight is 249 g/mol. The highest BCUT2D eigenvalue weighted by atomic mass is 32.2. The van der Waals surface area contributed by atoms with Crippen LogP contribution in [0.5, 0.6) is 0 Å². The van der Waals surface area contributed by atoms with Gasteiger partial charge < -0.3 is 9.84 Å². The normalized spacial score (nSPS) is 27.9. The van der Waals surface area contributed by atoms with Crippen molar-refractivity contribution in [2.75, 3.05) is 32.1 Å². The number of carbonyl (C=O) groups is 1. The lowest BCUT2D eigenvalue weighted by atomic mass is 10.0. The van der Waals surface area contributed by atoms with E-state index in [2.05, 4.69) is 0 Å². The minimum Gasteiger partial charge on any atom is -0.481 e. The van der Waals surface area contributed by atoms with Crippen LogP contribution in [0.4, 0.5) is 0 Å². The first-order valence-electron chi connectivity index (χ1n) is 5.27. The summed E-state index contributed by atoms with van der Waals surface area (Å²) in [6.07, 6.45) is 0.773. The molecule has 2 aliphatic heterocycles. The van der Waals surface area contributed by atoms with Crippen LogP contribution in [-0.2, 0) is 19.6 Å². The maximum absolute atomic E-state index is 11.8. The van der Waals surface area contributed by atoms with Gasteiger partial charge in [-0.15, -0.1) is 0 Å². The third-order valence-electron chi connectivity index (χ3n) is 3.06. The van der Waals surface area contributed by atoms with Gasteiger partial charge in [-0.25, -0.2) is 12.7 Å². The van der Waals surface area contributed by atoms with Gasteiger partial charge in [0.05, 0.1) is 18.3 Å². The Morgan fingerprint density at radius 3 is 2.62 bits per heavy atom. The zero-order valence-corrected chi connectivity index (χ0v) is 9.65. The van der Waals surface area contributed by atoms with Gasteiger partial charge in [0.1, 0.15) is 0 Å². The first-order valence-corrected chi connectivity index (χ1v) is 6.88. The quantitative estimate of drug-likeness (QED) is 0.717. The first-order chi connectivity index (χ1) is 7.49. The second-order valence-electron chi connectivity index (χ2n) is 4.36. The molecule has 0 aromatic carbocycles. The summed E-state index contributed by atoms with van der Waals surface area (Å²) in [5.74, 6) is -1.31. The maximum Gasteiger partial charge on any atom is 0.309 e. The Morgan fingerprint density at radius 2 is 2.12 bits per heavy atom. The van der Waals surface area contributed by atoms with Crippen molar-refractivity contribution in [3.05, 3.63) is 0 Å². The molecule has 0 aromatic rings. The highest BCUT2D eigenvalue weighted by Gasteiger charge is 2.40. The van der Waals surface area contributed by atoms with Gasteiger partial charge in [-0.2, -0.15) is 0 Å². The van der Waals surface area contributed by atoms with E-state index in [1.165, 1.54) is 4.31 Å². The molecule has 1 atom stereocenters. The molecule has 0 amide bonds. The van der Waals surface area contributed by atoms with E-state index in [-0.39, 0.29) is 24.8 Å². The SMILES string of the molecule is O=C(O)C1CN(S(=O)(=O)CC2CCOC2)C1. The van der Waals surface area contributed by atoms with Gasteiger partial charge in [-0.3, -0.25) is 4.79 Å². The van der Waals surface area contributed by atoms with Crippen molar-refractivity contribution < 1.29 is 23.1 Å². The van der Waals surface area contributed by atoms with Crippen LogP contribution in [0.3, 0.4) is 0 Å². The molecule has 0 aliphatic carbocycles. The highest BCUT2D eigenvalue weighted by molar-refractivity contribution is 7.89. The second-order valence-corrected chi connectivity index (χ2v) is 6.37. The molecular formula is C9H15NO5S. The summed E-state index contributed by atoms with van der Waals surface area (Å²) >= 11 is 0. The van der Waals surface area contributed by atoms with Crippen molar-refractivity contribution in [3.63, 3.8) is 0 Å². The Morgan fingerprint density at radius 1 is 1.44 bits per heavy atom. The van der Waals surface area contributed by atoms with E-state index >= 15 is 0 Å². The van der Waals surface area contributed by atoms with Crippen LogP contribution < -0.4 is 0 Å². The highest BCUT2D eigenvalue weighted by Crippen LogP contribution is 2.23. The lowest BCUT2D eigenvalue weighted by Gasteiger charge is -2.35. The summed E-state index contributed by atoms with van der Waals surface area (Å²) in [5, 5.41) is 8.66. The van der Waals surface area contributed by atoms with Crippen molar-refractivity contribution in [1.82, 2.24) is 4.31 Å². The molecule has 2 rings (SSSR count). The second kappa shape index (κ2) is 4.31. The number of carboxylic acids is 1. The number of carboxylic acid groups (broad SMARTS) is 1. The summed E-state index contributed by atoms with van der Waals surface area (Å²) < 4.78 is 30.0. The molecule has 2 fully saturated rings. The molecule has 2 aliphatic rings. The molecule has 0 radical (unpaired) electrons. The Kier molecular flexibility index (Phi) is 3.18. The molecule has 0 bridgehead atoms. The largest absolute Gasteiger partial charge is 0.481 e. The lowest BCUT2D eigenvalue weighted by molar-refractivity contribution is -0.145. The van der Waals surface area contributed by atoms with E-state index in [0.717, 1.165) is 6.42 Å². The number of nitrogens with zero attached hydrogens (tertiary/aromatic N) is 1. The molecule has 92 valence electrons. The Bertz CT molecular complexity index is 367. The molecule has 7 heteroatoms. The van der Waals surface area contributed by atoms with Crippen molar-refractivity contribution in [2.45, 2.75) is 6.42 Å². The fraction of sp³-hybridized carbons (Fsp3) is 0.889. The zero-order chi connectivity index (χ0) is 11.8. The van der Waals surface area contributed by atoms with Crippen LogP contribution in [0.15, 0.2) is 0 Å². The van der Waals surface area contributed by atoms with Crippen LogP contribution in [-0.4, -0.2) is 55.9 Å². The van der Waals surface area contributed by atoms with E-state index in [4.69, 9.17) is 9.84 Å². The third kappa shape index (κ3) is 2.36. The predicted octanol–water partition coefficient (Wildman–Crippen LogP) is -0.631. The lowest BCUT2D eigenvalue weighted by Crippen LogP contribution is -2.54. The summed E-state index contributed by atoms with van der Waals surface area (Å²) in [5.41, 5.74) is 0. The minimum absolute atomic E-state index is 0.0638. The van der Waals surface area contributed by atoms with Crippen LogP contribution in [0.2, 0.25) is 0 Å². The first kappa shape index (κ1) is 11.8. The van der Waals surface area contributed by atoms with E-state index < -0.39 is 21.9 Å². The van der Waals surface area contributed by atoms with Gasteiger partial charge in [0.2, 0.25) is 10.0 Å². The Hall–Kier alpha value is -0.660. The molecule has 0 spiro atoms. The molecular weight excluding hydrogens is 234 g/mol. The van der Waals surface area contributed by atoms with Gasteiger partial charge in [-0.1, -0.05) is 0 Å². The number of sulfonamides is 1. The van der Waals surface area contributed by atoms with Crippen molar-refractivity contribution in [3.8, 4) is 0 Å². The number of aliphatic carboxylic acids is 1. The van der Waals surface area contributed by atoms with E-state index in [1.807, 2.05) is 0 Å². The standard InChI is InChI=1S/C9H15NO5S/c11-9(12)8-3-10(4-8)16(13,14)6-7-1-2-15-5-7/h7-8H,1-6H2,(H,11,12). The third-order valence-corrected chi connectivity index (χ3v) is 5.04. The topological polar surface area (TPSA) is 83.9 Å². The van der Waals surface area contributed by atoms with Crippen molar-refractivity contribution >= 4 is 16.0 Å². The Balaban J connectivity index is 1.86. The van der Waals surface area contributed by atoms with Crippen molar-refractivity contribution in [2.24, 2.45) is 11.8 Å². The monoisotopic (exact) mass is 249 g/mol. The van der Waals surface area contributed by atoms with Crippen LogP contribution in [0, 0.1) is 11.8 Å². The zero-order valence-electron chi connectivity index (χ0n) is 8.83. The average Bonchev–Trinajstić information content (AvgIpc) is 2.50. The van der Waals surface area contributed by atoms with Crippen LogP contribution >= 0.6 is 0 Å². The molecule has 2 heterocycles. The van der Waals surface area contributed by atoms with Gasteiger partial charge in [0.15, 0.2) is 0 Å². The fourth-order valence-electron chi connectivity index (χ4n) is 1.94. The molecule has 1 N–H and O–H groups in total. The number of hydrogen-bond acceptors (Lipinski definition) is 4. The number of ether oxygens (including phenoxy) is 1. The van der Waals surface area contributed by atoms with E-state index in [0.29, 0.717) is 13.2 Å². The number of hydrogen-bond donors (Lipinski definition) is 1. The summed E-state index contributed by atoms with van der Waals surface area (Å²) in [4.78, 5) is 10.6. The summed E-state index contributed by atoms with van der Waals surface area (Å²) in [7, 11) is -3.28. The van der Waals surface area contributed by atoms with E-state index in [1.54, 1.807) is 0 Å². The Labute approximate surface area is 94.2 Å². The molecule has 0 saturated carbocycles. The van der Waals surface area contributed by atoms with Crippen LogP contribution in [0.25, 0.3) is 0 Å². The smallest absolute Gasteiger partial charge is 0.309 e. The van der Waals surface area contributed by atoms with Gasteiger partial charge in [0.25, 0.3) is 0 Å². The maximum atomic E-state index is 11.8. The van der Waals surface area contributed by atoms with Gasteiger partial charge >= 0.3 is 5.97 Å². The predicted molar refractivity (Wildman–Crippen MR) is 55.4 cm³/mol.